The van der Waals surface area contributed by atoms with Gasteiger partial charge in [0.2, 0.25) is 0 Å². The number of ketones is 2. The first-order valence-corrected chi connectivity index (χ1v) is 8.97. The summed E-state index contributed by atoms with van der Waals surface area (Å²) in [5.74, 6) is -0.726. The fourth-order valence-electron chi connectivity index (χ4n) is 3.99. The molecule has 25 heavy (non-hydrogen) atoms. The van der Waals surface area contributed by atoms with Gasteiger partial charge in [0.1, 0.15) is 0 Å². The average Bonchev–Trinajstić information content (AvgIpc) is 2.86. The van der Waals surface area contributed by atoms with Gasteiger partial charge in [-0.2, -0.15) is 0 Å². The molecule has 2 atom stereocenters. The highest BCUT2D eigenvalue weighted by molar-refractivity contribution is 9.10. The number of hydrogen-bond acceptors (Lipinski definition) is 3. The van der Waals surface area contributed by atoms with E-state index in [1.54, 1.807) is 6.92 Å². The molecular weight excluding hydrogens is 378 g/mol. The molecule has 0 radical (unpaired) electrons. The second-order valence-electron chi connectivity index (χ2n) is 6.47. The Morgan fingerprint density at radius 1 is 1.04 bits per heavy atom. The quantitative estimate of drug-likeness (QED) is 0.741. The van der Waals surface area contributed by atoms with Gasteiger partial charge in [0, 0.05) is 32.8 Å². The van der Waals surface area contributed by atoms with E-state index in [4.69, 9.17) is 0 Å². The Labute approximate surface area is 154 Å². The first kappa shape index (κ1) is 16.2. The molecule has 0 bridgehead atoms. The molecule has 1 aliphatic carbocycles. The third-order valence-corrected chi connectivity index (χ3v) is 5.45. The molecule has 0 unspecified atom stereocenters. The lowest BCUT2D eigenvalue weighted by Crippen LogP contribution is -2.31. The Bertz CT molecular complexity index is 987. The highest BCUT2D eigenvalue weighted by atomic mass is 79.9. The third kappa shape index (κ3) is 2.44. The predicted molar refractivity (Wildman–Crippen MR) is 101 cm³/mol. The molecule has 0 spiro atoms. The van der Waals surface area contributed by atoms with Crippen molar-refractivity contribution in [2.24, 2.45) is 10.9 Å². The van der Waals surface area contributed by atoms with Gasteiger partial charge in [-0.1, -0.05) is 52.3 Å². The van der Waals surface area contributed by atoms with Gasteiger partial charge in [0.25, 0.3) is 0 Å². The zero-order valence-electron chi connectivity index (χ0n) is 13.9. The summed E-state index contributed by atoms with van der Waals surface area (Å²) in [6, 6.07) is 15.4. The molecule has 4 rings (SSSR count). The van der Waals surface area contributed by atoms with Crippen LogP contribution in [0.1, 0.15) is 41.3 Å². The molecule has 4 heteroatoms. The first-order valence-electron chi connectivity index (χ1n) is 8.18. The smallest absolute Gasteiger partial charge is 0.173 e. The van der Waals surface area contributed by atoms with Crippen LogP contribution in [0.4, 0.5) is 0 Å². The van der Waals surface area contributed by atoms with Gasteiger partial charge in [-0.15, -0.1) is 0 Å². The van der Waals surface area contributed by atoms with Crippen molar-refractivity contribution in [3.63, 3.8) is 0 Å². The number of Topliss-reactive ketones (excluding diaryl/α,β-unsaturated/α-hetero) is 2. The highest BCUT2D eigenvalue weighted by Gasteiger charge is 2.46. The standard InChI is InChI=1S/C21H16BrNO2/c1-11-17(12(2)24)18(13-6-5-7-14(22)10-13)19-20(23-11)15-8-3-4-9-16(15)21(19)25/h3-10,18-19H,1-2H3/t18-,19-/m0/s1. The van der Waals surface area contributed by atoms with Crippen molar-refractivity contribution in [1.29, 1.82) is 0 Å². The second kappa shape index (κ2) is 5.88. The molecule has 124 valence electrons. The van der Waals surface area contributed by atoms with E-state index >= 15 is 0 Å². The molecule has 0 saturated heterocycles. The van der Waals surface area contributed by atoms with Gasteiger partial charge in [0.05, 0.1) is 11.6 Å². The molecule has 0 fully saturated rings. The molecule has 1 aliphatic heterocycles. The molecular formula is C21H16BrNO2. The third-order valence-electron chi connectivity index (χ3n) is 4.95. The summed E-state index contributed by atoms with van der Waals surface area (Å²) in [6.45, 7) is 3.41. The van der Waals surface area contributed by atoms with Crippen molar-refractivity contribution in [1.82, 2.24) is 0 Å². The summed E-state index contributed by atoms with van der Waals surface area (Å²) in [4.78, 5) is 30.2. The lowest BCUT2D eigenvalue weighted by atomic mass is 9.74. The van der Waals surface area contributed by atoms with E-state index in [2.05, 4.69) is 20.9 Å². The number of nitrogens with zero attached hydrogens (tertiary/aromatic N) is 1. The van der Waals surface area contributed by atoms with E-state index < -0.39 is 5.92 Å². The van der Waals surface area contributed by atoms with Crippen LogP contribution >= 0.6 is 15.9 Å². The van der Waals surface area contributed by atoms with E-state index in [0.29, 0.717) is 16.8 Å². The fourth-order valence-corrected chi connectivity index (χ4v) is 4.40. The monoisotopic (exact) mass is 393 g/mol. The van der Waals surface area contributed by atoms with Crippen LogP contribution in [0.15, 0.2) is 69.3 Å². The number of hydrogen-bond donors (Lipinski definition) is 0. The number of allylic oxidation sites excluding steroid dienone is 2. The van der Waals surface area contributed by atoms with Crippen LogP contribution in [0.3, 0.4) is 0 Å². The minimum Gasteiger partial charge on any atom is -0.295 e. The Kier molecular flexibility index (Phi) is 3.80. The summed E-state index contributed by atoms with van der Waals surface area (Å²) in [5, 5.41) is 0. The Balaban J connectivity index is 1.98. The van der Waals surface area contributed by atoms with Gasteiger partial charge >= 0.3 is 0 Å². The van der Waals surface area contributed by atoms with Gasteiger partial charge in [-0.3, -0.25) is 14.6 Å². The fraction of sp³-hybridized carbons (Fsp3) is 0.190. The molecule has 2 aliphatic rings. The summed E-state index contributed by atoms with van der Waals surface area (Å²) in [5.41, 5.74) is 4.66. The molecule has 2 aromatic carbocycles. The molecule has 0 saturated carbocycles. The van der Waals surface area contributed by atoms with Crippen LogP contribution in [0.25, 0.3) is 0 Å². The largest absolute Gasteiger partial charge is 0.295 e. The maximum absolute atomic E-state index is 13.1. The summed E-state index contributed by atoms with van der Waals surface area (Å²) in [7, 11) is 0. The minimum atomic E-state index is -0.436. The van der Waals surface area contributed by atoms with E-state index in [1.807, 2.05) is 55.5 Å². The van der Waals surface area contributed by atoms with Gasteiger partial charge < -0.3 is 0 Å². The second-order valence-corrected chi connectivity index (χ2v) is 7.39. The summed E-state index contributed by atoms with van der Waals surface area (Å²) < 4.78 is 0.928. The number of carbonyl (C=O) groups excluding carboxylic acids is 2. The van der Waals surface area contributed by atoms with Crippen molar-refractivity contribution in [3.05, 3.63) is 81.0 Å². The number of fused-ring (bicyclic) bond motifs is 3. The zero-order chi connectivity index (χ0) is 17.7. The van der Waals surface area contributed by atoms with Crippen LogP contribution in [-0.4, -0.2) is 17.3 Å². The van der Waals surface area contributed by atoms with Gasteiger partial charge in [-0.05, 0) is 31.5 Å². The Morgan fingerprint density at radius 3 is 2.44 bits per heavy atom. The maximum Gasteiger partial charge on any atom is 0.173 e. The first-order chi connectivity index (χ1) is 12.0. The lowest BCUT2D eigenvalue weighted by Gasteiger charge is -2.30. The summed E-state index contributed by atoms with van der Waals surface area (Å²) in [6.07, 6.45) is 0. The number of benzene rings is 2. The van der Waals surface area contributed by atoms with Crippen LogP contribution in [0.5, 0.6) is 0 Å². The van der Waals surface area contributed by atoms with Crippen molar-refractivity contribution in [3.8, 4) is 0 Å². The number of halogens is 1. The minimum absolute atomic E-state index is 0.0333. The van der Waals surface area contributed by atoms with E-state index in [0.717, 1.165) is 21.3 Å². The van der Waals surface area contributed by atoms with Crippen molar-refractivity contribution >= 4 is 33.2 Å². The number of rotatable bonds is 2. The number of aliphatic imine (C=N–C) groups is 1. The van der Waals surface area contributed by atoms with Crippen LogP contribution in [0.2, 0.25) is 0 Å². The van der Waals surface area contributed by atoms with E-state index in [9.17, 15) is 9.59 Å². The molecule has 3 nitrogen and oxygen atoms in total. The van der Waals surface area contributed by atoms with E-state index in [-0.39, 0.29) is 17.5 Å². The Hall–Kier alpha value is -2.33. The topological polar surface area (TPSA) is 46.5 Å². The van der Waals surface area contributed by atoms with Crippen LogP contribution < -0.4 is 0 Å². The number of carbonyl (C=O) groups is 2. The normalized spacial score (nSPS) is 21.7. The van der Waals surface area contributed by atoms with Gasteiger partial charge in [0.15, 0.2) is 11.6 Å². The Morgan fingerprint density at radius 2 is 1.76 bits per heavy atom. The highest BCUT2D eigenvalue weighted by Crippen LogP contribution is 2.46. The molecule has 2 aromatic rings. The van der Waals surface area contributed by atoms with Crippen molar-refractivity contribution in [2.75, 3.05) is 0 Å². The van der Waals surface area contributed by atoms with Crippen molar-refractivity contribution < 1.29 is 9.59 Å². The maximum atomic E-state index is 13.1. The summed E-state index contributed by atoms with van der Waals surface area (Å²) >= 11 is 3.50. The van der Waals surface area contributed by atoms with E-state index in [1.165, 1.54) is 0 Å². The SMILES string of the molecule is CC(=O)C1=C(C)N=C2c3ccccc3C(=O)[C@H]2[C@H]1c1cccc(Br)c1. The molecule has 0 aromatic heterocycles. The predicted octanol–water partition coefficient (Wildman–Crippen LogP) is 4.71. The molecule has 0 N–H and O–H groups in total. The van der Waals surface area contributed by atoms with Crippen LogP contribution in [-0.2, 0) is 4.79 Å². The van der Waals surface area contributed by atoms with Crippen molar-refractivity contribution in [2.45, 2.75) is 19.8 Å². The zero-order valence-corrected chi connectivity index (χ0v) is 15.5. The molecule has 0 amide bonds. The average molecular weight is 394 g/mol. The van der Waals surface area contributed by atoms with Gasteiger partial charge in [-0.25, -0.2) is 0 Å². The molecule has 1 heterocycles. The van der Waals surface area contributed by atoms with Crippen LogP contribution in [0, 0.1) is 5.92 Å². The lowest BCUT2D eigenvalue weighted by molar-refractivity contribution is -0.114.